The Balaban J connectivity index is 0.00000324. The molecule has 5 heteroatoms. The first-order chi connectivity index (χ1) is 8.77. The number of benzene rings is 1. The number of halogens is 1. The number of amides is 1. The van der Waals surface area contributed by atoms with Gasteiger partial charge in [-0.3, -0.25) is 4.79 Å². The monoisotopic (exact) mass is 286 g/mol. The second-order valence-corrected chi connectivity index (χ2v) is 4.07. The largest absolute Gasteiger partial charge is 0.377 e. The van der Waals surface area contributed by atoms with E-state index in [0.29, 0.717) is 32.7 Å². The lowest BCUT2D eigenvalue weighted by Crippen LogP contribution is -2.23. The van der Waals surface area contributed by atoms with Gasteiger partial charge in [-0.1, -0.05) is 24.3 Å². The minimum atomic E-state index is 0. The van der Waals surface area contributed by atoms with E-state index in [2.05, 4.69) is 5.32 Å². The summed E-state index contributed by atoms with van der Waals surface area (Å²) in [6, 6.07) is 7.99. The topological polar surface area (TPSA) is 64.3 Å². The second kappa shape index (κ2) is 10.8. The van der Waals surface area contributed by atoms with E-state index in [9.17, 15) is 4.79 Å². The van der Waals surface area contributed by atoms with Crippen LogP contribution in [0.1, 0.15) is 30.9 Å². The van der Waals surface area contributed by atoms with E-state index < -0.39 is 0 Å². The van der Waals surface area contributed by atoms with Crippen LogP contribution in [0, 0.1) is 0 Å². The van der Waals surface area contributed by atoms with E-state index in [0.717, 1.165) is 17.5 Å². The maximum atomic E-state index is 11.5. The third kappa shape index (κ3) is 7.15. The van der Waals surface area contributed by atoms with Crippen LogP contribution in [-0.4, -0.2) is 19.1 Å². The highest BCUT2D eigenvalue weighted by molar-refractivity contribution is 5.85. The predicted octanol–water partition coefficient (Wildman–Crippen LogP) is 2.00. The molecular formula is C14H23ClN2O2. The summed E-state index contributed by atoms with van der Waals surface area (Å²) in [5.41, 5.74) is 7.59. The highest BCUT2D eigenvalue weighted by atomic mass is 35.5. The van der Waals surface area contributed by atoms with Crippen molar-refractivity contribution >= 4 is 18.3 Å². The van der Waals surface area contributed by atoms with Crippen LogP contribution >= 0.6 is 12.4 Å². The van der Waals surface area contributed by atoms with Gasteiger partial charge >= 0.3 is 0 Å². The Hall–Kier alpha value is -1.10. The fourth-order valence-electron chi connectivity index (χ4n) is 1.63. The fraction of sp³-hybridized carbons (Fsp3) is 0.500. The summed E-state index contributed by atoms with van der Waals surface area (Å²) in [5, 5.41) is 2.90. The van der Waals surface area contributed by atoms with Crippen molar-refractivity contribution in [3.8, 4) is 0 Å². The summed E-state index contributed by atoms with van der Waals surface area (Å²) in [6.07, 6.45) is 1.22. The third-order valence-corrected chi connectivity index (χ3v) is 2.66. The molecule has 1 amide bonds. The molecule has 1 rings (SSSR count). The molecule has 0 aliphatic rings. The Labute approximate surface area is 121 Å². The van der Waals surface area contributed by atoms with Crippen molar-refractivity contribution in [2.24, 2.45) is 5.73 Å². The Morgan fingerprint density at radius 1 is 1.32 bits per heavy atom. The van der Waals surface area contributed by atoms with Crippen molar-refractivity contribution in [2.45, 2.75) is 32.9 Å². The smallest absolute Gasteiger partial charge is 0.220 e. The van der Waals surface area contributed by atoms with Gasteiger partial charge in [0.05, 0.1) is 6.61 Å². The zero-order valence-electron chi connectivity index (χ0n) is 11.4. The molecule has 0 atom stereocenters. The van der Waals surface area contributed by atoms with Crippen LogP contribution < -0.4 is 11.1 Å². The third-order valence-electron chi connectivity index (χ3n) is 2.66. The summed E-state index contributed by atoms with van der Waals surface area (Å²) in [6.45, 7) is 4.35. The number of nitrogens with one attached hydrogen (secondary N) is 1. The summed E-state index contributed by atoms with van der Waals surface area (Å²) in [7, 11) is 0. The van der Waals surface area contributed by atoms with Crippen LogP contribution in [0.2, 0.25) is 0 Å². The number of hydrogen-bond acceptors (Lipinski definition) is 3. The molecule has 0 unspecified atom stereocenters. The Kier molecular flexibility index (Phi) is 10.2. The minimum Gasteiger partial charge on any atom is -0.377 e. The van der Waals surface area contributed by atoms with Gasteiger partial charge < -0.3 is 15.8 Å². The Morgan fingerprint density at radius 2 is 2.00 bits per heavy atom. The molecule has 0 aliphatic heterocycles. The van der Waals surface area contributed by atoms with E-state index in [-0.39, 0.29) is 18.3 Å². The molecule has 4 nitrogen and oxygen atoms in total. The van der Waals surface area contributed by atoms with E-state index in [4.69, 9.17) is 10.5 Å². The Bertz CT molecular complexity index is 372. The summed E-state index contributed by atoms with van der Waals surface area (Å²) < 4.78 is 5.40. The molecular weight excluding hydrogens is 264 g/mol. The van der Waals surface area contributed by atoms with Gasteiger partial charge in [0, 0.05) is 19.6 Å². The van der Waals surface area contributed by atoms with Gasteiger partial charge in [-0.2, -0.15) is 0 Å². The number of rotatable bonds is 8. The average Bonchev–Trinajstić information content (AvgIpc) is 2.41. The summed E-state index contributed by atoms with van der Waals surface area (Å²) >= 11 is 0. The van der Waals surface area contributed by atoms with Crippen molar-refractivity contribution in [2.75, 3.05) is 13.2 Å². The molecule has 0 saturated heterocycles. The van der Waals surface area contributed by atoms with Gasteiger partial charge in [0.2, 0.25) is 5.91 Å². The van der Waals surface area contributed by atoms with Crippen LogP contribution in [0.25, 0.3) is 0 Å². The maximum absolute atomic E-state index is 11.5. The molecule has 0 bridgehead atoms. The van der Waals surface area contributed by atoms with E-state index in [1.165, 1.54) is 0 Å². The SMILES string of the molecule is CCOCc1ccccc1CNC(=O)CCCN.Cl. The molecule has 1 aromatic rings. The number of carbonyl (C=O) groups is 1. The van der Waals surface area contributed by atoms with E-state index in [1.54, 1.807) is 0 Å². The van der Waals surface area contributed by atoms with Crippen LogP contribution in [-0.2, 0) is 22.7 Å². The molecule has 108 valence electrons. The van der Waals surface area contributed by atoms with Crippen LogP contribution in [0.5, 0.6) is 0 Å². The van der Waals surface area contributed by atoms with Crippen molar-refractivity contribution in [3.05, 3.63) is 35.4 Å². The fourth-order valence-corrected chi connectivity index (χ4v) is 1.63. The molecule has 0 radical (unpaired) electrons. The van der Waals surface area contributed by atoms with Crippen molar-refractivity contribution in [1.29, 1.82) is 0 Å². The highest BCUT2D eigenvalue weighted by Gasteiger charge is 2.04. The predicted molar refractivity (Wildman–Crippen MR) is 79.2 cm³/mol. The minimum absolute atomic E-state index is 0. The maximum Gasteiger partial charge on any atom is 0.220 e. The van der Waals surface area contributed by atoms with Crippen molar-refractivity contribution < 1.29 is 9.53 Å². The summed E-state index contributed by atoms with van der Waals surface area (Å²) in [5.74, 6) is 0.0478. The summed E-state index contributed by atoms with van der Waals surface area (Å²) in [4.78, 5) is 11.5. The lowest BCUT2D eigenvalue weighted by atomic mass is 10.1. The molecule has 0 fully saturated rings. The van der Waals surface area contributed by atoms with Crippen LogP contribution in [0.4, 0.5) is 0 Å². The van der Waals surface area contributed by atoms with E-state index >= 15 is 0 Å². The number of ether oxygens (including phenoxy) is 1. The van der Waals surface area contributed by atoms with Gasteiger partial charge in [0.25, 0.3) is 0 Å². The number of nitrogens with two attached hydrogens (primary N) is 1. The molecule has 1 aromatic carbocycles. The Morgan fingerprint density at radius 3 is 2.63 bits per heavy atom. The zero-order chi connectivity index (χ0) is 13.2. The molecule has 0 spiro atoms. The number of hydrogen-bond donors (Lipinski definition) is 2. The molecule has 0 saturated carbocycles. The zero-order valence-corrected chi connectivity index (χ0v) is 12.2. The first-order valence-corrected chi connectivity index (χ1v) is 6.39. The number of carbonyl (C=O) groups excluding carboxylic acids is 1. The molecule has 0 heterocycles. The quantitative estimate of drug-likeness (QED) is 0.768. The molecule has 3 N–H and O–H groups in total. The van der Waals surface area contributed by atoms with Crippen molar-refractivity contribution in [3.63, 3.8) is 0 Å². The van der Waals surface area contributed by atoms with Gasteiger partial charge in [0.15, 0.2) is 0 Å². The first-order valence-electron chi connectivity index (χ1n) is 6.39. The molecule has 0 aromatic heterocycles. The molecule has 0 aliphatic carbocycles. The second-order valence-electron chi connectivity index (χ2n) is 4.07. The lowest BCUT2D eigenvalue weighted by molar-refractivity contribution is -0.121. The first kappa shape index (κ1) is 17.9. The highest BCUT2D eigenvalue weighted by Crippen LogP contribution is 2.10. The lowest BCUT2D eigenvalue weighted by Gasteiger charge is -2.10. The van der Waals surface area contributed by atoms with Crippen molar-refractivity contribution in [1.82, 2.24) is 5.32 Å². The normalized spacial score (nSPS) is 9.79. The van der Waals surface area contributed by atoms with Crippen LogP contribution in [0.3, 0.4) is 0 Å². The standard InChI is InChI=1S/C14H22N2O2.ClH/c1-2-18-11-13-7-4-3-6-12(13)10-16-14(17)8-5-9-15;/h3-4,6-7H,2,5,8-11,15H2,1H3,(H,16,17);1H. The average molecular weight is 287 g/mol. The van der Waals surface area contributed by atoms with Gasteiger partial charge in [-0.25, -0.2) is 0 Å². The van der Waals surface area contributed by atoms with Crippen LogP contribution in [0.15, 0.2) is 24.3 Å². The van der Waals surface area contributed by atoms with Gasteiger partial charge in [-0.05, 0) is 31.0 Å². The molecule has 19 heavy (non-hydrogen) atoms. The van der Waals surface area contributed by atoms with Gasteiger partial charge in [0.1, 0.15) is 0 Å². The van der Waals surface area contributed by atoms with E-state index in [1.807, 2.05) is 31.2 Å². The van der Waals surface area contributed by atoms with Gasteiger partial charge in [-0.15, -0.1) is 12.4 Å².